The van der Waals surface area contributed by atoms with E-state index in [2.05, 4.69) is 4.90 Å². The van der Waals surface area contributed by atoms with Crippen LogP contribution in [-0.2, 0) is 9.53 Å². The molecule has 1 aliphatic carbocycles. The lowest BCUT2D eigenvalue weighted by Gasteiger charge is -2.39. The van der Waals surface area contributed by atoms with Gasteiger partial charge in [0.05, 0.1) is 25.7 Å². The topological polar surface area (TPSA) is 49.8 Å². The molecule has 4 nitrogen and oxygen atoms in total. The molecule has 0 radical (unpaired) electrons. The Kier molecular flexibility index (Phi) is 4.32. The molecule has 1 saturated heterocycles. The Morgan fingerprint density at radius 2 is 2.25 bits per heavy atom. The van der Waals surface area contributed by atoms with Crippen molar-refractivity contribution in [2.75, 3.05) is 32.9 Å². The van der Waals surface area contributed by atoms with E-state index in [0.717, 1.165) is 6.54 Å². The van der Waals surface area contributed by atoms with Gasteiger partial charge in [0.25, 0.3) is 0 Å². The number of aliphatic hydroxyl groups excluding tert-OH is 1. The largest absolute Gasteiger partial charge is 0.395 e. The summed E-state index contributed by atoms with van der Waals surface area (Å²) in [5.41, 5.74) is 0. The quantitative estimate of drug-likeness (QED) is 0.740. The van der Waals surface area contributed by atoms with Gasteiger partial charge in [0, 0.05) is 25.6 Å². The molecule has 92 valence electrons. The summed E-state index contributed by atoms with van der Waals surface area (Å²) >= 11 is 0. The Morgan fingerprint density at radius 3 is 2.81 bits per heavy atom. The standard InChI is InChI=1S/C12H21NO3/c14-6-5-13(11-2-1-3-11)8-10-9-16-7-4-12(10)15/h10-11,14H,1-9H2. The Hall–Kier alpha value is -0.450. The van der Waals surface area contributed by atoms with Crippen molar-refractivity contribution in [2.24, 2.45) is 5.92 Å². The summed E-state index contributed by atoms with van der Waals surface area (Å²) in [5.74, 6) is 0.356. The molecule has 1 aliphatic heterocycles. The molecule has 1 N–H and O–H groups in total. The molecule has 16 heavy (non-hydrogen) atoms. The average molecular weight is 227 g/mol. The molecule has 2 rings (SSSR count). The summed E-state index contributed by atoms with van der Waals surface area (Å²) < 4.78 is 5.35. The van der Waals surface area contributed by atoms with E-state index in [1.807, 2.05) is 0 Å². The number of ether oxygens (including phenoxy) is 1. The van der Waals surface area contributed by atoms with E-state index in [-0.39, 0.29) is 12.5 Å². The van der Waals surface area contributed by atoms with Gasteiger partial charge in [-0.05, 0) is 12.8 Å². The fraction of sp³-hybridized carbons (Fsp3) is 0.917. The third-order valence-electron chi connectivity index (χ3n) is 3.70. The first-order valence-corrected chi connectivity index (χ1v) is 6.26. The molecule has 2 fully saturated rings. The second-order valence-electron chi connectivity index (χ2n) is 4.79. The number of nitrogens with zero attached hydrogens (tertiary/aromatic N) is 1. The summed E-state index contributed by atoms with van der Waals surface area (Å²) in [6.07, 6.45) is 4.26. The van der Waals surface area contributed by atoms with Crippen LogP contribution < -0.4 is 0 Å². The molecule has 0 aromatic heterocycles. The molecule has 0 aromatic rings. The summed E-state index contributed by atoms with van der Waals surface area (Å²) in [4.78, 5) is 14.0. The number of Topliss-reactive ketones (excluding diaryl/α,β-unsaturated/α-hetero) is 1. The van der Waals surface area contributed by atoms with E-state index in [9.17, 15) is 4.79 Å². The van der Waals surface area contributed by atoms with E-state index >= 15 is 0 Å². The first-order valence-electron chi connectivity index (χ1n) is 6.26. The third-order valence-corrected chi connectivity index (χ3v) is 3.70. The number of carbonyl (C=O) groups excluding carboxylic acids is 1. The normalized spacial score (nSPS) is 27.1. The van der Waals surface area contributed by atoms with E-state index in [0.29, 0.717) is 38.0 Å². The van der Waals surface area contributed by atoms with Crippen molar-refractivity contribution in [2.45, 2.75) is 31.7 Å². The van der Waals surface area contributed by atoms with Crippen LogP contribution in [0.3, 0.4) is 0 Å². The van der Waals surface area contributed by atoms with Crippen molar-refractivity contribution >= 4 is 5.78 Å². The molecule has 1 unspecified atom stereocenters. The lowest BCUT2D eigenvalue weighted by molar-refractivity contribution is -0.132. The Balaban J connectivity index is 1.85. The fourth-order valence-corrected chi connectivity index (χ4v) is 2.44. The van der Waals surface area contributed by atoms with Crippen LogP contribution in [0.15, 0.2) is 0 Å². The van der Waals surface area contributed by atoms with Gasteiger partial charge in [-0.1, -0.05) is 6.42 Å². The second kappa shape index (κ2) is 5.75. The molecule has 0 bridgehead atoms. The van der Waals surface area contributed by atoms with E-state index in [4.69, 9.17) is 9.84 Å². The van der Waals surface area contributed by atoms with Crippen molar-refractivity contribution < 1.29 is 14.6 Å². The van der Waals surface area contributed by atoms with Gasteiger partial charge in [-0.15, -0.1) is 0 Å². The van der Waals surface area contributed by atoms with Crippen LogP contribution in [0, 0.1) is 5.92 Å². The smallest absolute Gasteiger partial charge is 0.141 e. The van der Waals surface area contributed by atoms with Crippen LogP contribution in [0.1, 0.15) is 25.7 Å². The highest BCUT2D eigenvalue weighted by Gasteiger charge is 2.30. The molecule has 0 aromatic carbocycles. The number of aliphatic hydroxyl groups is 1. The molecular weight excluding hydrogens is 206 g/mol. The maximum atomic E-state index is 11.7. The zero-order valence-electron chi connectivity index (χ0n) is 9.73. The van der Waals surface area contributed by atoms with E-state index in [1.165, 1.54) is 19.3 Å². The van der Waals surface area contributed by atoms with E-state index < -0.39 is 0 Å². The van der Waals surface area contributed by atoms with Crippen LogP contribution in [0.4, 0.5) is 0 Å². The highest BCUT2D eigenvalue weighted by molar-refractivity contribution is 5.82. The molecule has 2 aliphatic rings. The van der Waals surface area contributed by atoms with Gasteiger partial charge in [-0.25, -0.2) is 0 Å². The fourth-order valence-electron chi connectivity index (χ4n) is 2.44. The van der Waals surface area contributed by atoms with Crippen molar-refractivity contribution in [1.29, 1.82) is 0 Å². The minimum Gasteiger partial charge on any atom is -0.395 e. The first kappa shape index (κ1) is 12.0. The summed E-state index contributed by atoms with van der Waals surface area (Å²) in [6, 6.07) is 0.585. The third kappa shape index (κ3) is 2.81. The molecule has 1 heterocycles. The predicted molar refractivity (Wildman–Crippen MR) is 60.2 cm³/mol. The number of hydrogen-bond acceptors (Lipinski definition) is 4. The van der Waals surface area contributed by atoms with Gasteiger partial charge < -0.3 is 9.84 Å². The Bertz CT molecular complexity index is 240. The van der Waals surface area contributed by atoms with Gasteiger partial charge in [-0.2, -0.15) is 0 Å². The molecule has 1 atom stereocenters. The minimum atomic E-state index is 0.0286. The van der Waals surface area contributed by atoms with Gasteiger partial charge in [-0.3, -0.25) is 9.69 Å². The van der Waals surface area contributed by atoms with Gasteiger partial charge in [0.15, 0.2) is 0 Å². The molecule has 0 amide bonds. The minimum absolute atomic E-state index is 0.0286. The Labute approximate surface area is 96.6 Å². The molecular formula is C12H21NO3. The van der Waals surface area contributed by atoms with Crippen molar-refractivity contribution in [1.82, 2.24) is 4.90 Å². The van der Waals surface area contributed by atoms with Gasteiger partial charge in [0.1, 0.15) is 5.78 Å². The molecule has 1 saturated carbocycles. The summed E-state index contributed by atoms with van der Waals surface area (Å²) in [7, 11) is 0. The maximum Gasteiger partial charge on any atom is 0.141 e. The van der Waals surface area contributed by atoms with Crippen molar-refractivity contribution in [3.05, 3.63) is 0 Å². The lowest BCUT2D eigenvalue weighted by Crippen LogP contribution is -2.47. The summed E-state index contributed by atoms with van der Waals surface area (Å²) in [5, 5.41) is 9.04. The molecule has 0 spiro atoms. The van der Waals surface area contributed by atoms with Crippen molar-refractivity contribution in [3.63, 3.8) is 0 Å². The maximum absolute atomic E-state index is 11.7. The highest BCUT2D eigenvalue weighted by Crippen LogP contribution is 2.26. The van der Waals surface area contributed by atoms with Crippen LogP contribution in [0.25, 0.3) is 0 Å². The van der Waals surface area contributed by atoms with Crippen LogP contribution >= 0.6 is 0 Å². The summed E-state index contributed by atoms with van der Waals surface area (Å²) in [6.45, 7) is 2.78. The van der Waals surface area contributed by atoms with Gasteiger partial charge >= 0.3 is 0 Å². The zero-order valence-corrected chi connectivity index (χ0v) is 9.73. The van der Waals surface area contributed by atoms with Crippen LogP contribution in [-0.4, -0.2) is 54.7 Å². The number of hydrogen-bond donors (Lipinski definition) is 1. The van der Waals surface area contributed by atoms with Crippen LogP contribution in [0.2, 0.25) is 0 Å². The van der Waals surface area contributed by atoms with Crippen molar-refractivity contribution in [3.8, 4) is 0 Å². The second-order valence-corrected chi connectivity index (χ2v) is 4.79. The van der Waals surface area contributed by atoms with Crippen LogP contribution in [0.5, 0.6) is 0 Å². The lowest BCUT2D eigenvalue weighted by atomic mass is 9.90. The first-order chi connectivity index (χ1) is 7.81. The van der Waals surface area contributed by atoms with Gasteiger partial charge in [0.2, 0.25) is 0 Å². The number of carbonyl (C=O) groups is 1. The molecule has 4 heteroatoms. The highest BCUT2D eigenvalue weighted by atomic mass is 16.5. The SMILES string of the molecule is O=C1CCOCC1CN(CCO)C1CCC1. The van der Waals surface area contributed by atoms with E-state index in [1.54, 1.807) is 0 Å². The monoisotopic (exact) mass is 227 g/mol. The predicted octanol–water partition coefficient (Wildman–Crippen LogP) is 0.439. The Morgan fingerprint density at radius 1 is 1.44 bits per heavy atom. The number of ketones is 1. The number of rotatable bonds is 5. The zero-order chi connectivity index (χ0) is 11.4. The average Bonchev–Trinajstić information content (AvgIpc) is 2.19.